The average Bonchev–Trinajstić information content (AvgIpc) is 2.59. The minimum atomic E-state index is -0.582. The van der Waals surface area contributed by atoms with Crippen molar-refractivity contribution in [3.05, 3.63) is 24.0 Å². The molecular formula is C11H12FN3O2. The van der Waals surface area contributed by atoms with Gasteiger partial charge in [0.15, 0.2) is 11.5 Å². The van der Waals surface area contributed by atoms with Crippen LogP contribution >= 0.6 is 0 Å². The summed E-state index contributed by atoms with van der Waals surface area (Å²) < 4.78 is 20.0. The highest BCUT2D eigenvalue weighted by molar-refractivity contribution is 5.66. The summed E-state index contributed by atoms with van der Waals surface area (Å²) in [4.78, 5) is 0. The Labute approximate surface area is 97.2 Å². The standard InChI is InChI=1S/C11H12FN3O2/c1-15-11(13)5-8(14-15)6-3-10(17-2)9(16)4-7(6)12/h3-5,16H,13H2,1-2H3. The molecule has 1 aromatic carbocycles. The fraction of sp³-hybridized carbons (Fsp3) is 0.182. The van der Waals surface area contributed by atoms with E-state index in [0.717, 1.165) is 6.07 Å². The third kappa shape index (κ3) is 1.89. The van der Waals surface area contributed by atoms with Crippen LogP contribution in [0, 0.1) is 5.82 Å². The van der Waals surface area contributed by atoms with E-state index in [1.807, 2.05) is 0 Å². The van der Waals surface area contributed by atoms with Gasteiger partial charge < -0.3 is 15.6 Å². The summed E-state index contributed by atoms with van der Waals surface area (Å²) in [6.45, 7) is 0. The van der Waals surface area contributed by atoms with Crippen LogP contribution in [0.2, 0.25) is 0 Å². The summed E-state index contributed by atoms with van der Waals surface area (Å²) in [6, 6.07) is 3.92. The largest absolute Gasteiger partial charge is 0.504 e. The molecule has 0 radical (unpaired) electrons. The molecular weight excluding hydrogens is 225 g/mol. The maximum atomic E-state index is 13.7. The van der Waals surface area contributed by atoms with E-state index in [4.69, 9.17) is 10.5 Å². The van der Waals surface area contributed by atoms with E-state index in [1.165, 1.54) is 17.9 Å². The van der Waals surface area contributed by atoms with Crippen molar-refractivity contribution in [1.29, 1.82) is 0 Å². The number of anilines is 1. The number of aromatic hydroxyl groups is 1. The molecule has 3 N–H and O–H groups in total. The van der Waals surface area contributed by atoms with Gasteiger partial charge in [-0.15, -0.1) is 0 Å². The fourth-order valence-corrected chi connectivity index (χ4v) is 1.52. The number of benzene rings is 1. The second-order valence-corrected chi connectivity index (χ2v) is 3.58. The molecule has 0 amide bonds. The van der Waals surface area contributed by atoms with Crippen LogP contribution in [0.3, 0.4) is 0 Å². The van der Waals surface area contributed by atoms with Gasteiger partial charge in [-0.2, -0.15) is 5.10 Å². The number of nitrogen functional groups attached to an aromatic ring is 1. The first-order valence-corrected chi connectivity index (χ1v) is 4.89. The average molecular weight is 237 g/mol. The van der Waals surface area contributed by atoms with E-state index < -0.39 is 5.82 Å². The smallest absolute Gasteiger partial charge is 0.161 e. The minimum absolute atomic E-state index is 0.186. The third-order valence-electron chi connectivity index (χ3n) is 2.46. The molecule has 90 valence electrons. The van der Waals surface area contributed by atoms with Crippen LogP contribution in [0.5, 0.6) is 11.5 Å². The van der Waals surface area contributed by atoms with Crippen LogP contribution in [0.15, 0.2) is 18.2 Å². The summed E-state index contributed by atoms with van der Waals surface area (Å²) in [5.41, 5.74) is 6.24. The maximum absolute atomic E-state index is 13.7. The normalized spacial score (nSPS) is 10.5. The Morgan fingerprint density at radius 2 is 2.12 bits per heavy atom. The predicted octanol–water partition coefficient (Wildman–Crippen LogP) is 1.52. The lowest BCUT2D eigenvalue weighted by Gasteiger charge is -2.06. The summed E-state index contributed by atoms with van der Waals surface area (Å²) in [7, 11) is 3.05. The second kappa shape index (κ2) is 3.97. The van der Waals surface area contributed by atoms with Crippen molar-refractivity contribution < 1.29 is 14.2 Å². The van der Waals surface area contributed by atoms with Gasteiger partial charge in [-0.05, 0) is 6.07 Å². The Morgan fingerprint density at radius 1 is 1.41 bits per heavy atom. The van der Waals surface area contributed by atoms with Gasteiger partial charge in [-0.1, -0.05) is 0 Å². The Morgan fingerprint density at radius 3 is 2.65 bits per heavy atom. The van der Waals surface area contributed by atoms with E-state index in [-0.39, 0.29) is 17.1 Å². The van der Waals surface area contributed by atoms with Crippen molar-refractivity contribution >= 4 is 5.82 Å². The summed E-state index contributed by atoms with van der Waals surface area (Å²) >= 11 is 0. The van der Waals surface area contributed by atoms with Crippen LogP contribution < -0.4 is 10.5 Å². The van der Waals surface area contributed by atoms with Crippen LogP contribution in [-0.4, -0.2) is 22.0 Å². The summed E-state index contributed by atoms with van der Waals surface area (Å²) in [5, 5.41) is 13.5. The zero-order valence-corrected chi connectivity index (χ0v) is 9.44. The van der Waals surface area contributed by atoms with E-state index >= 15 is 0 Å². The number of hydrogen-bond acceptors (Lipinski definition) is 4. The molecule has 6 heteroatoms. The molecule has 0 unspecified atom stereocenters. The molecule has 0 saturated heterocycles. The fourth-order valence-electron chi connectivity index (χ4n) is 1.52. The second-order valence-electron chi connectivity index (χ2n) is 3.58. The number of ether oxygens (including phenoxy) is 1. The molecule has 0 fully saturated rings. The van der Waals surface area contributed by atoms with Crippen molar-refractivity contribution in [2.24, 2.45) is 7.05 Å². The third-order valence-corrected chi connectivity index (χ3v) is 2.46. The van der Waals surface area contributed by atoms with Gasteiger partial charge in [0.25, 0.3) is 0 Å². The zero-order valence-electron chi connectivity index (χ0n) is 9.44. The van der Waals surface area contributed by atoms with Gasteiger partial charge in [0.05, 0.1) is 12.8 Å². The zero-order chi connectivity index (χ0) is 12.6. The number of phenolic OH excluding ortho intramolecular Hbond substituents is 1. The van der Waals surface area contributed by atoms with Gasteiger partial charge in [0, 0.05) is 24.7 Å². The van der Waals surface area contributed by atoms with E-state index in [0.29, 0.717) is 11.5 Å². The van der Waals surface area contributed by atoms with E-state index in [2.05, 4.69) is 5.10 Å². The molecule has 5 nitrogen and oxygen atoms in total. The molecule has 1 aromatic heterocycles. The lowest BCUT2D eigenvalue weighted by molar-refractivity contribution is 0.371. The molecule has 0 aliphatic carbocycles. The van der Waals surface area contributed by atoms with Gasteiger partial charge in [0.1, 0.15) is 11.6 Å². The summed E-state index contributed by atoms with van der Waals surface area (Å²) in [5.74, 6) is -0.226. The molecule has 2 aromatic rings. The Kier molecular flexibility index (Phi) is 2.63. The minimum Gasteiger partial charge on any atom is -0.504 e. The highest BCUT2D eigenvalue weighted by Crippen LogP contribution is 2.33. The van der Waals surface area contributed by atoms with Gasteiger partial charge in [0.2, 0.25) is 0 Å². The van der Waals surface area contributed by atoms with Crippen LogP contribution in [0.4, 0.5) is 10.2 Å². The SMILES string of the molecule is COc1cc(-c2cc(N)n(C)n2)c(F)cc1O. The monoisotopic (exact) mass is 237 g/mol. The van der Waals surface area contributed by atoms with Gasteiger partial charge in [-0.25, -0.2) is 4.39 Å². The number of nitrogens with two attached hydrogens (primary N) is 1. The van der Waals surface area contributed by atoms with Crippen molar-refractivity contribution in [3.63, 3.8) is 0 Å². The number of nitrogens with zero attached hydrogens (tertiary/aromatic N) is 2. The summed E-state index contributed by atoms with van der Waals surface area (Å²) in [6.07, 6.45) is 0. The first-order valence-electron chi connectivity index (χ1n) is 4.89. The molecule has 0 spiro atoms. The van der Waals surface area contributed by atoms with Crippen molar-refractivity contribution in [3.8, 4) is 22.8 Å². The molecule has 1 heterocycles. The number of aromatic nitrogens is 2. The number of halogens is 1. The first kappa shape index (κ1) is 11.3. The molecule has 0 saturated carbocycles. The molecule has 0 aliphatic heterocycles. The quantitative estimate of drug-likeness (QED) is 0.830. The van der Waals surface area contributed by atoms with Crippen molar-refractivity contribution in [2.45, 2.75) is 0 Å². The molecule has 17 heavy (non-hydrogen) atoms. The molecule has 2 rings (SSSR count). The van der Waals surface area contributed by atoms with E-state index in [1.54, 1.807) is 13.1 Å². The van der Waals surface area contributed by atoms with Crippen LogP contribution in [0.1, 0.15) is 0 Å². The van der Waals surface area contributed by atoms with Gasteiger partial charge >= 0.3 is 0 Å². The number of rotatable bonds is 2. The Balaban J connectivity index is 2.58. The Hall–Kier alpha value is -2.24. The molecule has 0 atom stereocenters. The lowest BCUT2D eigenvalue weighted by atomic mass is 10.1. The maximum Gasteiger partial charge on any atom is 0.161 e. The highest BCUT2D eigenvalue weighted by atomic mass is 19.1. The molecule has 0 bridgehead atoms. The van der Waals surface area contributed by atoms with Crippen molar-refractivity contribution in [2.75, 3.05) is 12.8 Å². The number of aryl methyl sites for hydroxylation is 1. The van der Waals surface area contributed by atoms with E-state index in [9.17, 15) is 9.50 Å². The predicted molar refractivity (Wildman–Crippen MR) is 61.2 cm³/mol. The van der Waals surface area contributed by atoms with Crippen LogP contribution in [0.25, 0.3) is 11.3 Å². The molecule has 0 aliphatic rings. The first-order chi connectivity index (χ1) is 8.02. The highest BCUT2D eigenvalue weighted by Gasteiger charge is 2.14. The number of methoxy groups -OCH3 is 1. The lowest BCUT2D eigenvalue weighted by Crippen LogP contribution is -1.96. The van der Waals surface area contributed by atoms with Crippen molar-refractivity contribution in [1.82, 2.24) is 9.78 Å². The van der Waals surface area contributed by atoms with Gasteiger partial charge in [-0.3, -0.25) is 4.68 Å². The Bertz CT molecular complexity index is 547. The number of hydrogen-bond donors (Lipinski definition) is 2. The number of phenols is 1. The topological polar surface area (TPSA) is 73.3 Å². The van der Waals surface area contributed by atoms with Crippen LogP contribution in [-0.2, 0) is 7.05 Å².